The van der Waals surface area contributed by atoms with Crippen LogP contribution in [0.25, 0.3) is 0 Å². The van der Waals surface area contributed by atoms with Gasteiger partial charge in [-0.15, -0.1) is 24.0 Å². The van der Waals surface area contributed by atoms with E-state index in [1.807, 2.05) is 7.05 Å². The third kappa shape index (κ3) is 6.69. The number of ether oxygens (including phenoxy) is 2. The second kappa shape index (κ2) is 10.7. The van der Waals surface area contributed by atoms with Crippen LogP contribution in [0.1, 0.15) is 30.7 Å². The Hall–Kier alpha value is -0.380. The van der Waals surface area contributed by atoms with Crippen molar-refractivity contribution in [2.75, 3.05) is 33.4 Å². The van der Waals surface area contributed by atoms with Gasteiger partial charge in [0.1, 0.15) is 0 Å². The number of nitrogens with one attached hydrogen (secondary N) is 2. The highest BCUT2D eigenvalue weighted by Gasteiger charge is 2.38. The normalized spacial score (nSPS) is 25.4. The molecule has 2 fully saturated rings. The highest BCUT2D eigenvalue weighted by atomic mass is 127. The molecule has 0 amide bonds. The van der Waals surface area contributed by atoms with E-state index >= 15 is 0 Å². The molecule has 3 rings (SSSR count). The maximum absolute atomic E-state index is 5.77. The molecule has 140 valence electrons. The van der Waals surface area contributed by atoms with Gasteiger partial charge in [-0.1, -0.05) is 28.1 Å². The highest BCUT2D eigenvalue weighted by molar-refractivity contribution is 14.0. The number of nitrogens with zero attached hydrogens (tertiary/aromatic N) is 1. The van der Waals surface area contributed by atoms with Gasteiger partial charge in [0, 0.05) is 43.2 Å². The Labute approximate surface area is 175 Å². The van der Waals surface area contributed by atoms with Crippen molar-refractivity contribution in [3.8, 4) is 0 Å². The van der Waals surface area contributed by atoms with E-state index in [1.165, 1.54) is 5.56 Å². The molecule has 1 heterocycles. The van der Waals surface area contributed by atoms with Gasteiger partial charge in [-0.25, -0.2) is 0 Å². The summed E-state index contributed by atoms with van der Waals surface area (Å²) < 4.78 is 12.2. The van der Waals surface area contributed by atoms with E-state index in [0.29, 0.717) is 18.1 Å². The lowest BCUT2D eigenvalue weighted by molar-refractivity contribution is 0.0420. The predicted octanol–water partition coefficient (Wildman–Crippen LogP) is 3.28. The maximum atomic E-state index is 5.77. The molecule has 2 N–H and O–H groups in total. The molecular formula is C18H27BrIN3O2. The third-order valence-corrected chi connectivity index (χ3v) is 5.02. The molecule has 5 nitrogen and oxygen atoms in total. The summed E-state index contributed by atoms with van der Waals surface area (Å²) in [7, 11) is 1.82. The number of rotatable bonds is 7. The highest BCUT2D eigenvalue weighted by Crippen LogP contribution is 2.40. The Morgan fingerprint density at radius 3 is 2.84 bits per heavy atom. The standard InChI is InChI=1S/C18H26BrN3O2.HI/c1-20-18(21-8-2-9-24-15-7-10-23-12-15)22-17-11-16(17)13-3-5-14(19)6-4-13;/h3-6,15-17H,2,7-12H2,1H3,(H2,20,21,22);1H. The van der Waals surface area contributed by atoms with Crippen molar-refractivity contribution in [3.63, 3.8) is 0 Å². The largest absolute Gasteiger partial charge is 0.379 e. The minimum Gasteiger partial charge on any atom is -0.379 e. The molecule has 7 heteroatoms. The van der Waals surface area contributed by atoms with E-state index in [4.69, 9.17) is 9.47 Å². The first-order valence-electron chi connectivity index (χ1n) is 8.68. The number of hydrogen-bond acceptors (Lipinski definition) is 3. The topological polar surface area (TPSA) is 54.9 Å². The van der Waals surface area contributed by atoms with Crippen molar-refractivity contribution in [1.82, 2.24) is 10.6 Å². The van der Waals surface area contributed by atoms with E-state index in [-0.39, 0.29) is 24.0 Å². The molecule has 1 saturated carbocycles. The Morgan fingerprint density at radius 1 is 1.36 bits per heavy atom. The summed E-state index contributed by atoms with van der Waals surface area (Å²) in [6.07, 6.45) is 3.45. The van der Waals surface area contributed by atoms with Crippen LogP contribution in [-0.2, 0) is 9.47 Å². The average Bonchev–Trinajstić information content (AvgIpc) is 3.15. The summed E-state index contributed by atoms with van der Waals surface area (Å²) in [4.78, 5) is 4.31. The van der Waals surface area contributed by atoms with Gasteiger partial charge in [-0.3, -0.25) is 4.99 Å². The smallest absolute Gasteiger partial charge is 0.191 e. The summed E-state index contributed by atoms with van der Waals surface area (Å²) in [5, 5.41) is 6.87. The molecule has 0 spiro atoms. The second-order valence-corrected chi connectivity index (χ2v) is 7.27. The SMILES string of the molecule is CN=C(NCCCOC1CCOC1)NC1CC1c1ccc(Br)cc1.I. The summed E-state index contributed by atoms with van der Waals surface area (Å²) in [5.74, 6) is 1.46. The summed E-state index contributed by atoms with van der Waals surface area (Å²) in [6.45, 7) is 3.21. The number of halogens is 2. The van der Waals surface area contributed by atoms with Gasteiger partial charge in [0.15, 0.2) is 5.96 Å². The van der Waals surface area contributed by atoms with Gasteiger partial charge >= 0.3 is 0 Å². The van der Waals surface area contributed by atoms with E-state index in [0.717, 1.165) is 56.1 Å². The summed E-state index contributed by atoms with van der Waals surface area (Å²) >= 11 is 3.48. The van der Waals surface area contributed by atoms with E-state index in [2.05, 4.69) is 55.8 Å². The quantitative estimate of drug-likeness (QED) is 0.249. The predicted molar refractivity (Wildman–Crippen MR) is 115 cm³/mol. The first kappa shape index (κ1) is 20.9. The van der Waals surface area contributed by atoms with Crippen LogP contribution >= 0.6 is 39.9 Å². The van der Waals surface area contributed by atoms with Crippen LogP contribution in [0.2, 0.25) is 0 Å². The second-order valence-electron chi connectivity index (χ2n) is 6.35. The lowest BCUT2D eigenvalue weighted by Gasteiger charge is -2.13. The molecule has 1 aliphatic carbocycles. The van der Waals surface area contributed by atoms with Crippen LogP contribution < -0.4 is 10.6 Å². The van der Waals surface area contributed by atoms with Crippen molar-refractivity contribution in [3.05, 3.63) is 34.3 Å². The number of benzene rings is 1. The third-order valence-electron chi connectivity index (χ3n) is 4.49. The first-order chi connectivity index (χ1) is 11.8. The number of aliphatic imine (C=N–C) groups is 1. The van der Waals surface area contributed by atoms with Gasteiger partial charge in [-0.2, -0.15) is 0 Å². The van der Waals surface area contributed by atoms with Gasteiger partial charge in [0.25, 0.3) is 0 Å². The lowest BCUT2D eigenvalue weighted by atomic mass is 10.1. The molecular weight excluding hydrogens is 497 g/mol. The molecule has 3 unspecified atom stereocenters. The van der Waals surface area contributed by atoms with Crippen LogP contribution in [0.4, 0.5) is 0 Å². The van der Waals surface area contributed by atoms with Crippen LogP contribution in [0, 0.1) is 0 Å². The Balaban J connectivity index is 0.00000225. The molecule has 1 saturated heterocycles. The Kier molecular flexibility index (Phi) is 8.95. The van der Waals surface area contributed by atoms with Gasteiger partial charge in [-0.05, 0) is 37.0 Å². The van der Waals surface area contributed by atoms with Crippen LogP contribution in [0.15, 0.2) is 33.7 Å². The molecule has 0 radical (unpaired) electrons. The van der Waals surface area contributed by atoms with E-state index in [9.17, 15) is 0 Å². The van der Waals surface area contributed by atoms with Gasteiger partial charge in [0.05, 0.1) is 12.7 Å². The molecule has 3 atom stereocenters. The molecule has 0 bridgehead atoms. The van der Waals surface area contributed by atoms with Crippen LogP contribution in [0.3, 0.4) is 0 Å². The number of hydrogen-bond donors (Lipinski definition) is 2. The molecule has 25 heavy (non-hydrogen) atoms. The summed E-state index contributed by atoms with van der Waals surface area (Å²) in [6, 6.07) is 9.07. The van der Waals surface area contributed by atoms with Crippen molar-refractivity contribution in [2.24, 2.45) is 4.99 Å². The fourth-order valence-corrected chi connectivity index (χ4v) is 3.24. The molecule has 1 aliphatic heterocycles. The van der Waals surface area contributed by atoms with Gasteiger partial charge in [0.2, 0.25) is 0 Å². The van der Waals surface area contributed by atoms with Crippen molar-refractivity contribution in [2.45, 2.75) is 37.3 Å². The first-order valence-corrected chi connectivity index (χ1v) is 9.47. The zero-order valence-corrected chi connectivity index (χ0v) is 18.5. The zero-order chi connectivity index (χ0) is 16.8. The van der Waals surface area contributed by atoms with Crippen molar-refractivity contribution < 1.29 is 9.47 Å². The van der Waals surface area contributed by atoms with E-state index < -0.39 is 0 Å². The molecule has 2 aliphatic rings. The van der Waals surface area contributed by atoms with E-state index in [1.54, 1.807) is 0 Å². The monoisotopic (exact) mass is 523 g/mol. The van der Waals surface area contributed by atoms with Crippen molar-refractivity contribution in [1.29, 1.82) is 0 Å². The van der Waals surface area contributed by atoms with Crippen molar-refractivity contribution >= 4 is 45.9 Å². The van der Waals surface area contributed by atoms with Gasteiger partial charge < -0.3 is 20.1 Å². The zero-order valence-electron chi connectivity index (χ0n) is 14.5. The lowest BCUT2D eigenvalue weighted by Crippen LogP contribution is -2.39. The Morgan fingerprint density at radius 2 is 2.16 bits per heavy atom. The molecule has 1 aromatic rings. The fraction of sp³-hybridized carbons (Fsp3) is 0.611. The number of guanidine groups is 1. The van der Waals surface area contributed by atoms with Crippen LogP contribution in [0.5, 0.6) is 0 Å². The maximum Gasteiger partial charge on any atom is 0.191 e. The Bertz CT molecular complexity index is 550. The minimum absolute atomic E-state index is 0. The minimum atomic E-state index is 0. The fourth-order valence-electron chi connectivity index (χ4n) is 2.98. The van der Waals surface area contributed by atoms with Crippen LogP contribution in [-0.4, -0.2) is 51.5 Å². The summed E-state index contributed by atoms with van der Waals surface area (Å²) in [5.41, 5.74) is 1.39. The average molecular weight is 524 g/mol. The molecule has 1 aromatic carbocycles. The molecule has 0 aromatic heterocycles.